The Morgan fingerprint density at radius 3 is 2.95 bits per heavy atom. The van der Waals surface area contributed by atoms with Crippen LogP contribution in [-0.2, 0) is 6.54 Å². The summed E-state index contributed by atoms with van der Waals surface area (Å²) in [4.78, 5) is 2.55. The van der Waals surface area contributed by atoms with Crippen molar-refractivity contribution in [2.75, 3.05) is 19.6 Å². The van der Waals surface area contributed by atoms with E-state index in [0.717, 1.165) is 18.5 Å². The number of fused-ring (bicyclic) bond motifs is 1. The third-order valence-electron chi connectivity index (χ3n) is 4.37. The molecule has 0 aromatic heterocycles. The average molecular weight is 299 g/mol. The number of halogens is 2. The van der Waals surface area contributed by atoms with Crippen molar-refractivity contribution in [2.24, 2.45) is 5.92 Å². The normalized spacial score (nSPS) is 28.1. The van der Waals surface area contributed by atoms with Crippen molar-refractivity contribution in [1.82, 2.24) is 10.2 Å². The lowest BCUT2D eigenvalue weighted by Gasteiger charge is -2.41. The minimum atomic E-state index is 0.639. The van der Waals surface area contributed by atoms with Gasteiger partial charge in [-0.3, -0.25) is 4.90 Å². The quantitative estimate of drug-likeness (QED) is 0.898. The number of benzene rings is 1. The van der Waals surface area contributed by atoms with Gasteiger partial charge in [-0.2, -0.15) is 0 Å². The van der Waals surface area contributed by atoms with Gasteiger partial charge in [0.2, 0.25) is 0 Å². The van der Waals surface area contributed by atoms with Gasteiger partial charge in [0.05, 0.1) is 10.0 Å². The van der Waals surface area contributed by atoms with Crippen LogP contribution < -0.4 is 5.32 Å². The summed E-state index contributed by atoms with van der Waals surface area (Å²) in [7, 11) is 0. The maximum atomic E-state index is 6.08. The molecule has 2 heterocycles. The van der Waals surface area contributed by atoms with Gasteiger partial charge in [-0.25, -0.2) is 0 Å². The van der Waals surface area contributed by atoms with Crippen LogP contribution in [0.4, 0.5) is 0 Å². The number of hydrogen-bond acceptors (Lipinski definition) is 2. The van der Waals surface area contributed by atoms with Gasteiger partial charge in [0.1, 0.15) is 0 Å². The molecular weight excluding hydrogens is 279 g/mol. The minimum Gasteiger partial charge on any atom is -0.314 e. The first-order valence-corrected chi connectivity index (χ1v) is 7.87. The van der Waals surface area contributed by atoms with Crippen LogP contribution >= 0.6 is 23.2 Å². The fraction of sp³-hybridized carbons (Fsp3) is 0.600. The zero-order valence-corrected chi connectivity index (χ0v) is 12.6. The van der Waals surface area contributed by atoms with Gasteiger partial charge in [-0.05, 0) is 56.0 Å². The van der Waals surface area contributed by atoms with Gasteiger partial charge < -0.3 is 5.32 Å². The van der Waals surface area contributed by atoms with E-state index in [9.17, 15) is 0 Å². The topological polar surface area (TPSA) is 15.3 Å². The Labute approximate surface area is 125 Å². The molecule has 2 fully saturated rings. The largest absolute Gasteiger partial charge is 0.314 e. The number of hydrogen-bond donors (Lipinski definition) is 1. The number of piperidine rings is 2. The van der Waals surface area contributed by atoms with E-state index in [2.05, 4.69) is 16.3 Å². The molecule has 2 nitrogen and oxygen atoms in total. The molecule has 1 aromatic rings. The van der Waals surface area contributed by atoms with E-state index in [0.29, 0.717) is 10.0 Å². The van der Waals surface area contributed by atoms with E-state index in [1.165, 1.54) is 44.5 Å². The van der Waals surface area contributed by atoms with E-state index in [1.807, 2.05) is 12.1 Å². The van der Waals surface area contributed by atoms with Gasteiger partial charge in [-0.1, -0.05) is 29.3 Å². The Morgan fingerprint density at radius 2 is 2.11 bits per heavy atom. The summed E-state index contributed by atoms with van der Waals surface area (Å²) in [5.41, 5.74) is 1.26. The van der Waals surface area contributed by atoms with Gasteiger partial charge in [-0.15, -0.1) is 0 Å². The van der Waals surface area contributed by atoms with Crippen LogP contribution in [0.1, 0.15) is 24.8 Å². The van der Waals surface area contributed by atoms with E-state index in [1.54, 1.807) is 0 Å². The monoisotopic (exact) mass is 298 g/mol. The molecule has 19 heavy (non-hydrogen) atoms. The summed E-state index contributed by atoms with van der Waals surface area (Å²) >= 11 is 12.0. The molecule has 2 aliphatic heterocycles. The Bertz CT molecular complexity index is 450. The number of likely N-dealkylation sites (tertiary alicyclic amines) is 1. The van der Waals surface area contributed by atoms with Crippen molar-refractivity contribution in [3.8, 4) is 0 Å². The number of nitrogens with zero attached hydrogens (tertiary/aromatic N) is 1. The van der Waals surface area contributed by atoms with E-state index < -0.39 is 0 Å². The molecule has 4 heteroatoms. The summed E-state index contributed by atoms with van der Waals surface area (Å²) < 4.78 is 0. The maximum Gasteiger partial charge on any atom is 0.0595 e. The third kappa shape index (κ3) is 3.25. The highest BCUT2D eigenvalue weighted by molar-refractivity contribution is 6.42. The molecule has 1 N–H and O–H groups in total. The second-order valence-electron chi connectivity index (χ2n) is 5.74. The molecule has 3 rings (SSSR count). The standard InChI is InChI=1S/C15H20Cl2N2/c16-13-4-3-11(8-14(13)17)9-19-7-5-15-12(10-19)2-1-6-18-15/h3-4,8,12,15,18H,1-2,5-7,9-10H2. The molecule has 104 valence electrons. The second kappa shape index (κ2) is 6.01. The van der Waals surface area contributed by atoms with E-state index in [4.69, 9.17) is 23.2 Å². The molecule has 0 spiro atoms. The highest BCUT2D eigenvalue weighted by Crippen LogP contribution is 2.27. The lowest BCUT2D eigenvalue weighted by molar-refractivity contribution is 0.109. The Balaban J connectivity index is 1.62. The summed E-state index contributed by atoms with van der Waals surface area (Å²) in [6.45, 7) is 4.57. The Kier molecular flexibility index (Phi) is 4.33. The van der Waals surface area contributed by atoms with Gasteiger partial charge in [0.15, 0.2) is 0 Å². The molecule has 0 radical (unpaired) electrons. The first-order valence-electron chi connectivity index (χ1n) is 7.12. The third-order valence-corrected chi connectivity index (χ3v) is 5.11. The van der Waals surface area contributed by atoms with Crippen LogP contribution in [0, 0.1) is 5.92 Å². The number of rotatable bonds is 2. The van der Waals surface area contributed by atoms with Crippen molar-refractivity contribution >= 4 is 23.2 Å². The molecule has 2 atom stereocenters. The smallest absolute Gasteiger partial charge is 0.0595 e. The van der Waals surface area contributed by atoms with Crippen LogP contribution in [0.25, 0.3) is 0 Å². The summed E-state index contributed by atoms with van der Waals surface area (Å²) in [5.74, 6) is 0.824. The molecule has 0 amide bonds. The van der Waals surface area contributed by atoms with Crippen molar-refractivity contribution in [3.63, 3.8) is 0 Å². The van der Waals surface area contributed by atoms with Crippen LogP contribution in [-0.4, -0.2) is 30.6 Å². The maximum absolute atomic E-state index is 6.08. The van der Waals surface area contributed by atoms with Crippen molar-refractivity contribution in [1.29, 1.82) is 0 Å². The lowest BCUT2D eigenvalue weighted by Crippen LogP contribution is -2.51. The van der Waals surface area contributed by atoms with Crippen LogP contribution in [0.2, 0.25) is 10.0 Å². The zero-order chi connectivity index (χ0) is 13.2. The molecule has 2 saturated heterocycles. The highest BCUT2D eigenvalue weighted by Gasteiger charge is 2.30. The molecule has 1 aromatic carbocycles. The summed E-state index contributed by atoms with van der Waals surface area (Å²) in [5, 5.41) is 4.96. The molecule has 0 aliphatic carbocycles. The predicted octanol–water partition coefficient (Wildman–Crippen LogP) is 3.57. The fourth-order valence-electron chi connectivity index (χ4n) is 3.36. The van der Waals surface area contributed by atoms with Crippen LogP contribution in [0.5, 0.6) is 0 Å². The van der Waals surface area contributed by atoms with E-state index in [-0.39, 0.29) is 0 Å². The number of nitrogens with one attached hydrogen (secondary N) is 1. The zero-order valence-electron chi connectivity index (χ0n) is 11.0. The predicted molar refractivity (Wildman–Crippen MR) is 80.9 cm³/mol. The van der Waals surface area contributed by atoms with Crippen molar-refractivity contribution in [3.05, 3.63) is 33.8 Å². The van der Waals surface area contributed by atoms with E-state index >= 15 is 0 Å². The molecular formula is C15H20Cl2N2. The fourth-order valence-corrected chi connectivity index (χ4v) is 3.68. The second-order valence-corrected chi connectivity index (χ2v) is 6.55. The molecule has 0 bridgehead atoms. The lowest BCUT2D eigenvalue weighted by atomic mass is 9.85. The van der Waals surface area contributed by atoms with Gasteiger partial charge in [0, 0.05) is 19.1 Å². The average Bonchev–Trinajstić information content (AvgIpc) is 2.43. The molecule has 0 saturated carbocycles. The van der Waals surface area contributed by atoms with Gasteiger partial charge in [0.25, 0.3) is 0 Å². The Morgan fingerprint density at radius 1 is 1.21 bits per heavy atom. The summed E-state index contributed by atoms with van der Waals surface area (Å²) in [6.07, 6.45) is 3.96. The van der Waals surface area contributed by atoms with Crippen LogP contribution in [0.15, 0.2) is 18.2 Å². The first-order chi connectivity index (χ1) is 9.22. The first kappa shape index (κ1) is 13.7. The Hall–Kier alpha value is -0.280. The minimum absolute atomic E-state index is 0.639. The van der Waals surface area contributed by atoms with Crippen molar-refractivity contribution < 1.29 is 0 Å². The molecule has 2 aliphatic rings. The highest BCUT2D eigenvalue weighted by atomic mass is 35.5. The van der Waals surface area contributed by atoms with Gasteiger partial charge >= 0.3 is 0 Å². The molecule has 2 unspecified atom stereocenters. The van der Waals surface area contributed by atoms with Crippen molar-refractivity contribution in [2.45, 2.75) is 31.8 Å². The van der Waals surface area contributed by atoms with Crippen LogP contribution in [0.3, 0.4) is 0 Å². The SMILES string of the molecule is Clc1ccc(CN2CCC3NCCCC3C2)cc1Cl. The summed E-state index contributed by atoms with van der Waals surface area (Å²) in [6, 6.07) is 6.72.